The molecule has 9 heavy (non-hydrogen) atoms. The highest BCUT2D eigenvalue weighted by atomic mass is 35.5. The van der Waals surface area contributed by atoms with E-state index in [2.05, 4.69) is 6.07 Å². The summed E-state index contributed by atoms with van der Waals surface area (Å²) in [5.41, 5.74) is 2.35. The maximum absolute atomic E-state index is 5.78. The van der Waals surface area contributed by atoms with Crippen LogP contribution in [-0.4, -0.2) is 0 Å². The molecule has 0 bridgehead atoms. The van der Waals surface area contributed by atoms with Gasteiger partial charge in [-0.15, -0.1) is 0 Å². The summed E-state index contributed by atoms with van der Waals surface area (Å²) in [5.74, 6) is 0. The molecule has 1 heteroatoms. The van der Waals surface area contributed by atoms with Crippen LogP contribution in [0, 0.1) is 19.9 Å². The average Bonchev–Trinajstić information content (AvgIpc) is 1.83. The predicted molar refractivity (Wildman–Crippen MR) is 39.8 cm³/mol. The van der Waals surface area contributed by atoms with Crippen LogP contribution in [0.4, 0.5) is 0 Å². The van der Waals surface area contributed by atoms with Gasteiger partial charge in [0.05, 0.1) is 0 Å². The molecular weight excluding hydrogens is 132 g/mol. The molecule has 0 atom stereocenters. The normalized spacial score (nSPS) is 9.67. The van der Waals surface area contributed by atoms with Gasteiger partial charge in [-0.05, 0) is 37.1 Å². The van der Waals surface area contributed by atoms with E-state index in [1.54, 1.807) is 6.07 Å². The van der Waals surface area contributed by atoms with Gasteiger partial charge in [-0.2, -0.15) is 0 Å². The van der Waals surface area contributed by atoms with Crippen molar-refractivity contribution in [1.29, 1.82) is 0 Å². The second-order valence-electron chi connectivity index (χ2n) is 2.11. The van der Waals surface area contributed by atoms with Gasteiger partial charge in [0.1, 0.15) is 0 Å². The molecule has 0 aromatic heterocycles. The third-order valence-corrected chi connectivity index (χ3v) is 1.85. The van der Waals surface area contributed by atoms with Crippen molar-refractivity contribution >= 4 is 11.6 Å². The maximum Gasteiger partial charge on any atom is 0.0443 e. The fourth-order valence-electron chi connectivity index (χ4n) is 0.645. The lowest BCUT2D eigenvalue weighted by Crippen LogP contribution is -1.79. The lowest BCUT2D eigenvalue weighted by molar-refractivity contribution is 1.34. The number of aryl methyl sites for hydroxylation is 1. The number of benzene rings is 1. The summed E-state index contributed by atoms with van der Waals surface area (Å²) in [6, 6.07) is 6.65. The SMILES string of the molecule is Cc1c[c]cc(Cl)c1C. The lowest BCUT2D eigenvalue weighted by atomic mass is 10.1. The van der Waals surface area contributed by atoms with Crippen LogP contribution in [0.25, 0.3) is 0 Å². The standard InChI is InChI=1S/C8H8Cl/c1-6-4-3-5-8(9)7(6)2/h4-5H,1-2H3. The first-order valence-electron chi connectivity index (χ1n) is 2.84. The van der Waals surface area contributed by atoms with Gasteiger partial charge in [0.25, 0.3) is 0 Å². The monoisotopic (exact) mass is 139 g/mol. The topological polar surface area (TPSA) is 0 Å². The fraction of sp³-hybridized carbons (Fsp3) is 0.250. The number of hydrogen-bond acceptors (Lipinski definition) is 0. The molecule has 0 saturated heterocycles. The lowest BCUT2D eigenvalue weighted by Gasteiger charge is -1.98. The van der Waals surface area contributed by atoms with E-state index in [1.165, 1.54) is 5.56 Å². The van der Waals surface area contributed by atoms with E-state index in [0.29, 0.717) is 0 Å². The van der Waals surface area contributed by atoms with Gasteiger partial charge in [0.15, 0.2) is 0 Å². The Kier molecular flexibility index (Phi) is 1.77. The summed E-state index contributed by atoms with van der Waals surface area (Å²) >= 11 is 5.78. The Balaban J connectivity index is 3.25. The second-order valence-corrected chi connectivity index (χ2v) is 2.52. The minimum atomic E-state index is 0.801. The van der Waals surface area contributed by atoms with E-state index < -0.39 is 0 Å². The number of halogens is 1. The first-order valence-corrected chi connectivity index (χ1v) is 3.22. The molecule has 0 aliphatic heterocycles. The zero-order chi connectivity index (χ0) is 6.85. The minimum Gasteiger partial charge on any atom is -0.0840 e. The van der Waals surface area contributed by atoms with Gasteiger partial charge in [0, 0.05) is 5.02 Å². The smallest absolute Gasteiger partial charge is 0.0443 e. The van der Waals surface area contributed by atoms with Crippen LogP contribution in [0.2, 0.25) is 5.02 Å². The maximum atomic E-state index is 5.78. The van der Waals surface area contributed by atoms with Crippen molar-refractivity contribution in [2.24, 2.45) is 0 Å². The van der Waals surface area contributed by atoms with Crippen molar-refractivity contribution in [2.45, 2.75) is 13.8 Å². The first-order chi connectivity index (χ1) is 4.22. The molecule has 0 N–H and O–H groups in total. The minimum absolute atomic E-state index is 0.801. The predicted octanol–water partition coefficient (Wildman–Crippen LogP) is 2.76. The van der Waals surface area contributed by atoms with Crippen molar-refractivity contribution in [3.05, 3.63) is 34.3 Å². The largest absolute Gasteiger partial charge is 0.0840 e. The van der Waals surface area contributed by atoms with Crippen LogP contribution >= 0.6 is 11.6 Å². The molecule has 0 amide bonds. The molecule has 1 rings (SSSR count). The molecule has 0 fully saturated rings. The first kappa shape index (κ1) is 6.63. The Morgan fingerprint density at radius 1 is 1.33 bits per heavy atom. The molecular formula is C8H8Cl. The summed E-state index contributed by atoms with van der Waals surface area (Å²) in [6.07, 6.45) is 0. The zero-order valence-electron chi connectivity index (χ0n) is 5.53. The molecule has 0 spiro atoms. The van der Waals surface area contributed by atoms with E-state index >= 15 is 0 Å². The van der Waals surface area contributed by atoms with Crippen LogP contribution in [0.15, 0.2) is 12.1 Å². The summed E-state index contributed by atoms with van der Waals surface area (Å²) in [4.78, 5) is 0. The quantitative estimate of drug-likeness (QED) is 0.519. The Morgan fingerprint density at radius 3 is 2.44 bits per heavy atom. The molecule has 0 nitrogen and oxygen atoms in total. The number of hydrogen-bond donors (Lipinski definition) is 0. The van der Waals surface area contributed by atoms with Crippen LogP contribution in [-0.2, 0) is 0 Å². The highest BCUT2D eigenvalue weighted by Gasteiger charge is 1.94. The Hall–Kier alpha value is -0.490. The van der Waals surface area contributed by atoms with E-state index in [1.807, 2.05) is 19.9 Å². The fourth-order valence-corrected chi connectivity index (χ4v) is 0.857. The molecule has 1 aromatic carbocycles. The van der Waals surface area contributed by atoms with Crippen molar-refractivity contribution in [2.75, 3.05) is 0 Å². The van der Waals surface area contributed by atoms with E-state index in [4.69, 9.17) is 11.6 Å². The Bertz CT molecular complexity index is 196. The summed E-state index contributed by atoms with van der Waals surface area (Å²) < 4.78 is 0. The van der Waals surface area contributed by atoms with Crippen LogP contribution < -0.4 is 0 Å². The molecule has 1 radical (unpaired) electrons. The van der Waals surface area contributed by atoms with Crippen molar-refractivity contribution in [3.63, 3.8) is 0 Å². The van der Waals surface area contributed by atoms with Gasteiger partial charge >= 0.3 is 0 Å². The van der Waals surface area contributed by atoms with Crippen molar-refractivity contribution in [3.8, 4) is 0 Å². The van der Waals surface area contributed by atoms with Gasteiger partial charge in [-0.1, -0.05) is 17.7 Å². The van der Waals surface area contributed by atoms with E-state index in [9.17, 15) is 0 Å². The number of rotatable bonds is 0. The molecule has 0 aliphatic rings. The summed E-state index contributed by atoms with van der Waals surface area (Å²) in [7, 11) is 0. The van der Waals surface area contributed by atoms with Crippen LogP contribution in [0.1, 0.15) is 11.1 Å². The van der Waals surface area contributed by atoms with Gasteiger partial charge in [0.2, 0.25) is 0 Å². The summed E-state index contributed by atoms with van der Waals surface area (Å²) in [6.45, 7) is 4.03. The highest BCUT2D eigenvalue weighted by molar-refractivity contribution is 6.31. The van der Waals surface area contributed by atoms with Crippen LogP contribution in [0.3, 0.4) is 0 Å². The molecule has 47 valence electrons. The third-order valence-electron chi connectivity index (χ3n) is 1.46. The van der Waals surface area contributed by atoms with Gasteiger partial charge in [-0.25, -0.2) is 0 Å². The van der Waals surface area contributed by atoms with Crippen molar-refractivity contribution < 1.29 is 0 Å². The second kappa shape index (κ2) is 2.40. The molecule has 1 aromatic rings. The third kappa shape index (κ3) is 1.25. The zero-order valence-corrected chi connectivity index (χ0v) is 6.29. The Labute approximate surface area is 60.5 Å². The van der Waals surface area contributed by atoms with Gasteiger partial charge in [-0.3, -0.25) is 0 Å². The molecule has 0 saturated carbocycles. The molecule has 0 aliphatic carbocycles. The van der Waals surface area contributed by atoms with E-state index in [0.717, 1.165) is 10.6 Å². The van der Waals surface area contributed by atoms with Crippen molar-refractivity contribution in [1.82, 2.24) is 0 Å². The molecule has 0 heterocycles. The summed E-state index contributed by atoms with van der Waals surface area (Å²) in [5, 5.41) is 0.801. The molecule has 0 unspecified atom stereocenters. The Morgan fingerprint density at radius 2 is 2.00 bits per heavy atom. The van der Waals surface area contributed by atoms with Gasteiger partial charge < -0.3 is 0 Å². The average molecular weight is 140 g/mol. The van der Waals surface area contributed by atoms with Crippen LogP contribution in [0.5, 0.6) is 0 Å². The van der Waals surface area contributed by atoms with E-state index in [-0.39, 0.29) is 0 Å². The highest BCUT2D eigenvalue weighted by Crippen LogP contribution is 2.16.